The minimum absolute atomic E-state index is 0.0625. The molecule has 2 aromatic heterocycles. The maximum Gasteiger partial charge on any atom is 0.314 e. The van der Waals surface area contributed by atoms with Crippen molar-refractivity contribution in [2.75, 3.05) is 11.0 Å². The Hall–Kier alpha value is -2.45. The van der Waals surface area contributed by atoms with E-state index in [1.165, 1.54) is 44.0 Å². The summed E-state index contributed by atoms with van der Waals surface area (Å²) in [7, 11) is 0. The SMILES string of the molecule is CC(=O)CC(C)=O.CCCC.CCCCI.[2H]N([2H])C(=O)N([2H])[2H].[2H]OCC.[2H]Oc1nc(C([2H])([2H])[2H])c([2H])c(C([2H])([2H])[2H])n1.[2H]c1c(C([2H])([2H])[2H])nc(Cl)nc1C([2H])([2H])[2H]. The van der Waals surface area contributed by atoms with Gasteiger partial charge in [0.2, 0.25) is 6.71 Å². The zero-order chi connectivity index (χ0) is 49.7. The largest absolute Gasteiger partial charge is 0.479 e. The molecule has 238 valence electrons. The molecule has 13 heteroatoms. The molecule has 0 aliphatic rings. The first-order chi connectivity index (χ1) is 27.5. The van der Waals surface area contributed by atoms with Crippen molar-refractivity contribution in [2.24, 2.45) is 11.4 Å². The lowest BCUT2D eigenvalue weighted by atomic mass is 10.2. The third-order valence-corrected chi connectivity index (χ3v) is 3.71. The molecule has 0 saturated carbocycles. The van der Waals surface area contributed by atoms with E-state index < -0.39 is 79.6 Å². The highest BCUT2D eigenvalue weighted by molar-refractivity contribution is 14.1. The van der Waals surface area contributed by atoms with Crippen LogP contribution >= 0.6 is 34.2 Å². The number of primary amides is 2. The molecule has 0 unspecified atom stereocenters. The third-order valence-electron chi connectivity index (χ3n) is 2.78. The fourth-order valence-electron chi connectivity index (χ4n) is 1.25. The third kappa shape index (κ3) is 58.2. The van der Waals surface area contributed by atoms with Gasteiger partial charge in [0.15, 0.2) is 5.65 Å². The standard InChI is InChI=1S/C6H7ClN2.C6H8N2O.C5H8O2.C4H9I.C4H10.C2H6O.CH4N2O/c1-4-3-5(2)9-6(7)8-4;1-4-3-5(2)8-6(9)7-4;1-4(6)3-5(2)7;1-2-3-4-5;1-3-4-2;1-2-3;2-1(3)4/h3H,1-2H3;3H,1-2H3,(H,7,8,9);3H2,1-2H3;2-4H2,1H3;3-4H2,1-2H3;3H,2H2,1H3;(H4,2,3,4)/i2*1D3,2D3,3D;;;;3D;/hD5. The van der Waals surface area contributed by atoms with Gasteiger partial charge in [0.25, 0.3) is 1.43 Å². The lowest BCUT2D eigenvalue weighted by molar-refractivity contribution is -0.124. The van der Waals surface area contributed by atoms with Crippen LogP contribution in [0.1, 0.15) is 116 Å². The number of aliphatic hydroxyl groups is 1. The molecule has 0 aliphatic carbocycles. The van der Waals surface area contributed by atoms with Crippen LogP contribution in [0.15, 0.2) is 12.1 Å². The monoisotopic (exact) mass is 734 g/mol. The molecule has 0 radical (unpaired) electrons. The van der Waals surface area contributed by atoms with Crippen molar-refractivity contribution in [1.82, 2.24) is 19.9 Å². The molecule has 0 aromatic carbocycles. The normalized spacial score (nSPS) is 16.4. The van der Waals surface area contributed by atoms with E-state index >= 15 is 0 Å². The number of amides is 2. The van der Waals surface area contributed by atoms with E-state index in [0.717, 1.165) is 0 Å². The molecule has 11 nitrogen and oxygen atoms in total. The molecule has 0 bridgehead atoms. The number of aliphatic hydroxyl groups excluding tert-OH is 1. The summed E-state index contributed by atoms with van der Waals surface area (Å²) >= 11 is 7.82. The Morgan fingerprint density at radius 3 is 1.49 bits per heavy atom. The summed E-state index contributed by atoms with van der Waals surface area (Å²) in [6.45, 7) is 0.711. The van der Waals surface area contributed by atoms with Crippen molar-refractivity contribution in [3.05, 3.63) is 40.1 Å². The molecule has 0 aliphatic heterocycles. The lowest BCUT2D eigenvalue weighted by Crippen LogP contribution is -2.18. The summed E-state index contributed by atoms with van der Waals surface area (Å²) in [5, 5.41) is 7.18. The highest BCUT2D eigenvalue weighted by Gasteiger charge is 1.95. The highest BCUT2D eigenvalue weighted by Crippen LogP contribution is 2.03. The molecular weight excluding hydrogens is 663 g/mol. The van der Waals surface area contributed by atoms with Gasteiger partial charge in [0, 0.05) is 45.8 Å². The van der Waals surface area contributed by atoms with Crippen LogP contribution in [0.4, 0.5) is 4.79 Å². The van der Waals surface area contributed by atoms with Crippen LogP contribution < -0.4 is 11.4 Å². The fourth-order valence-corrected chi connectivity index (χ4v) is 2.18. The Labute approximate surface area is 294 Å². The molecule has 41 heavy (non-hydrogen) atoms. The maximum atomic E-state index is 10.0. The Morgan fingerprint density at radius 2 is 1.32 bits per heavy atom. The molecule has 2 heterocycles. The minimum atomic E-state index is -2.77. The van der Waals surface area contributed by atoms with E-state index in [4.69, 9.17) is 39.3 Å². The molecule has 2 rings (SSSR count). The van der Waals surface area contributed by atoms with Gasteiger partial charge < -0.3 is 21.7 Å². The zero-order valence-electron chi connectivity index (χ0n) is 43.9. The average molecular weight is 735 g/mol. The Kier molecular flexibility index (Phi) is 16.4. The number of rotatable bonds is 7. The van der Waals surface area contributed by atoms with E-state index in [1.807, 2.05) is 0 Å². The van der Waals surface area contributed by atoms with Crippen LogP contribution in [-0.4, -0.2) is 61.6 Å². The summed E-state index contributed by atoms with van der Waals surface area (Å²) in [6, 6.07) is -3.53. The van der Waals surface area contributed by atoms with Crippen LogP contribution in [0, 0.1) is 27.4 Å². The van der Waals surface area contributed by atoms with E-state index in [-0.39, 0.29) is 29.4 Å². The number of ketones is 2. The van der Waals surface area contributed by atoms with Gasteiger partial charge >= 0.3 is 12.0 Å². The number of halogens is 2. The smallest absolute Gasteiger partial charge is 0.314 e. The van der Waals surface area contributed by atoms with Crippen LogP contribution in [0.5, 0.6) is 6.01 Å². The van der Waals surface area contributed by atoms with Crippen molar-refractivity contribution in [3.63, 3.8) is 0 Å². The van der Waals surface area contributed by atoms with E-state index in [1.54, 1.807) is 6.92 Å². The maximum absolute atomic E-state index is 10.0. The van der Waals surface area contributed by atoms with E-state index in [9.17, 15) is 14.4 Å². The predicted octanol–water partition coefficient (Wildman–Crippen LogP) is 6.15. The first kappa shape index (κ1) is 19.0. The number of carbonyl (C=O) groups is 3. The Morgan fingerprint density at radius 1 is 0.902 bits per heavy atom. The highest BCUT2D eigenvalue weighted by atomic mass is 127. The molecule has 0 atom stereocenters. The average Bonchev–Trinajstić information content (AvgIpc) is 3.11. The molecule has 0 spiro atoms. The number of hydrogen-bond donors (Lipinski definition) is 4. The van der Waals surface area contributed by atoms with Gasteiger partial charge in [-0.2, -0.15) is 0 Å². The molecular formula is C28H52ClIN6O5. The van der Waals surface area contributed by atoms with Gasteiger partial charge in [-0.25, -0.2) is 24.7 Å². The molecule has 2 aromatic rings. The van der Waals surface area contributed by atoms with Gasteiger partial charge in [-0.15, -0.1) is 0 Å². The summed E-state index contributed by atoms with van der Waals surface area (Å²) in [6.07, 6.45) is 5.43. The van der Waals surface area contributed by atoms with Crippen LogP contribution in [0.25, 0.3) is 0 Å². The van der Waals surface area contributed by atoms with Crippen molar-refractivity contribution >= 4 is 51.8 Å². The quantitative estimate of drug-likeness (QED) is 0.112. The summed E-state index contributed by atoms with van der Waals surface area (Å²) in [5.41, 5.74) is -3.50. The minimum Gasteiger partial charge on any atom is -0.479 e. The molecule has 6 N–H and O–H groups in total. The lowest BCUT2D eigenvalue weighted by Gasteiger charge is -1.93. The second kappa shape index (κ2) is 35.6. The number of aromatic hydroxyl groups is 1. The Bertz CT molecular complexity index is 1450. The molecule has 0 saturated heterocycles. The first-order valence-corrected chi connectivity index (χ1v) is 13.7. The zero-order valence-corrected chi connectivity index (χ0v) is 26.8. The second-order valence-corrected chi connectivity index (χ2v) is 8.25. The van der Waals surface area contributed by atoms with E-state index in [0.29, 0.717) is 6.61 Å². The van der Waals surface area contributed by atoms with Gasteiger partial charge in [0.05, 0.1) is 9.16 Å². The molecule has 0 fully saturated rings. The van der Waals surface area contributed by atoms with E-state index in [2.05, 4.69) is 73.5 Å². The van der Waals surface area contributed by atoms with Crippen molar-refractivity contribution < 1.29 is 49.4 Å². The van der Waals surface area contributed by atoms with Crippen LogP contribution in [0.3, 0.4) is 0 Å². The second-order valence-electron chi connectivity index (χ2n) is 6.84. The van der Waals surface area contributed by atoms with Gasteiger partial charge in [0.1, 0.15) is 11.6 Å². The first-order valence-electron chi connectivity index (χ1n) is 21.4. The van der Waals surface area contributed by atoms with Gasteiger partial charge in [-0.3, -0.25) is 9.59 Å². The van der Waals surface area contributed by atoms with Crippen LogP contribution in [-0.2, 0) is 9.59 Å². The fraction of sp³-hybridized carbons (Fsp3) is 0.607. The number of Topliss-reactive ketones (excluding diaryl/α,β-unsaturated/α-hetero) is 2. The summed E-state index contributed by atoms with van der Waals surface area (Å²) in [4.78, 5) is 43.4. The number of carbonyl (C=O) groups excluding carboxylic acids is 3. The number of alkyl halides is 1. The number of nitrogens with two attached hydrogens (primary N) is 2. The van der Waals surface area contributed by atoms with Gasteiger partial charge in [-0.1, -0.05) is 62.6 Å². The number of aromatic nitrogens is 4. The van der Waals surface area contributed by atoms with Crippen molar-refractivity contribution in [2.45, 2.75) is 101 Å². The van der Waals surface area contributed by atoms with Crippen molar-refractivity contribution in [1.29, 1.82) is 2.86 Å². The summed E-state index contributed by atoms with van der Waals surface area (Å²) in [5.74, 6) is -0.125. The Balaban J connectivity index is -0.000000217. The van der Waals surface area contributed by atoms with Gasteiger partial charge in [-0.05, 0) is 82.7 Å². The number of hydrogen-bond acceptors (Lipinski definition) is 9. The number of nitrogens with zero attached hydrogens (tertiary/aromatic N) is 4. The van der Waals surface area contributed by atoms with Crippen LogP contribution in [0.2, 0.25) is 10.9 Å². The van der Waals surface area contributed by atoms with Crippen molar-refractivity contribution in [3.8, 4) is 6.01 Å². The number of aryl methyl sites for hydroxylation is 4. The number of unbranched alkanes of at least 4 members (excludes halogenated alkanes) is 2. The molecule has 2 amide bonds. The predicted molar refractivity (Wildman–Crippen MR) is 177 cm³/mol. The summed E-state index contributed by atoms with van der Waals surface area (Å²) < 4.78 is 139. The number of urea groups is 1. The topological polar surface area (TPSA) is 195 Å².